The van der Waals surface area contributed by atoms with Gasteiger partial charge in [0, 0.05) is 5.92 Å². The van der Waals surface area contributed by atoms with Crippen molar-refractivity contribution in [2.45, 2.75) is 33.4 Å². The highest BCUT2D eigenvalue weighted by Gasteiger charge is 2.50. The summed E-state index contributed by atoms with van der Waals surface area (Å²) in [6, 6.07) is 0. The van der Waals surface area contributed by atoms with E-state index in [1.54, 1.807) is 0 Å². The predicted molar refractivity (Wildman–Crippen MR) is 61.4 cm³/mol. The third-order valence-corrected chi connectivity index (χ3v) is 3.16. The molecule has 0 saturated heterocycles. The van der Waals surface area contributed by atoms with Gasteiger partial charge in [-0.3, -0.25) is 9.59 Å². The molecule has 0 aromatic carbocycles. The predicted octanol–water partition coefficient (Wildman–Crippen LogP) is 0.0250. The van der Waals surface area contributed by atoms with Crippen LogP contribution in [-0.4, -0.2) is 32.0 Å². The topological polar surface area (TPSA) is 97.1 Å². The lowest BCUT2D eigenvalue weighted by Crippen LogP contribution is -2.26. The fourth-order valence-electron chi connectivity index (χ4n) is 1.85. The number of carboxylic acids is 1. The van der Waals surface area contributed by atoms with Crippen molar-refractivity contribution in [2.24, 2.45) is 11.3 Å². The maximum absolute atomic E-state index is 11.7. The first kappa shape index (κ1) is 12.5. The van der Waals surface area contributed by atoms with Crippen molar-refractivity contribution >= 4 is 11.9 Å². The quantitative estimate of drug-likeness (QED) is 0.770. The molecule has 0 aliphatic heterocycles. The molecule has 1 aromatic rings. The van der Waals surface area contributed by atoms with E-state index < -0.39 is 5.97 Å². The van der Waals surface area contributed by atoms with Gasteiger partial charge >= 0.3 is 5.97 Å². The molecule has 1 heterocycles. The molecular formula is C11H16N4O3. The van der Waals surface area contributed by atoms with Gasteiger partial charge in [0.25, 0.3) is 0 Å². The molecule has 1 aliphatic carbocycles. The monoisotopic (exact) mass is 252 g/mol. The molecule has 0 spiro atoms. The van der Waals surface area contributed by atoms with E-state index >= 15 is 0 Å². The second-order valence-corrected chi connectivity index (χ2v) is 5.26. The van der Waals surface area contributed by atoms with Crippen LogP contribution in [0, 0.1) is 11.3 Å². The molecule has 7 nitrogen and oxygen atoms in total. The van der Waals surface area contributed by atoms with Crippen LogP contribution in [0.2, 0.25) is 0 Å². The van der Waals surface area contributed by atoms with Crippen molar-refractivity contribution in [3.8, 4) is 0 Å². The van der Waals surface area contributed by atoms with Crippen LogP contribution >= 0.6 is 0 Å². The Hall–Kier alpha value is -1.92. The third-order valence-electron chi connectivity index (χ3n) is 3.16. The summed E-state index contributed by atoms with van der Waals surface area (Å²) in [5.74, 6) is -0.880. The molecule has 1 amide bonds. The molecule has 2 N–H and O–H groups in total. The maximum atomic E-state index is 11.7. The first-order valence-electron chi connectivity index (χ1n) is 5.77. The summed E-state index contributed by atoms with van der Waals surface area (Å²) >= 11 is 0. The normalized spacial score (nSPS) is 20.4. The number of amides is 1. The second-order valence-electron chi connectivity index (χ2n) is 5.26. The minimum atomic E-state index is -0.977. The molecule has 0 radical (unpaired) electrons. The zero-order valence-electron chi connectivity index (χ0n) is 10.4. The van der Waals surface area contributed by atoms with Gasteiger partial charge in [0.05, 0.1) is 12.7 Å². The molecule has 1 fully saturated rings. The van der Waals surface area contributed by atoms with E-state index in [1.807, 2.05) is 0 Å². The summed E-state index contributed by atoms with van der Waals surface area (Å²) < 4.78 is 1.23. The minimum Gasteiger partial charge on any atom is -0.480 e. The van der Waals surface area contributed by atoms with Gasteiger partial charge < -0.3 is 10.4 Å². The number of aliphatic carboxylic acids is 1. The Kier molecular flexibility index (Phi) is 3.06. The first-order chi connectivity index (χ1) is 8.38. The van der Waals surface area contributed by atoms with E-state index in [4.69, 9.17) is 5.11 Å². The van der Waals surface area contributed by atoms with Crippen LogP contribution in [0.1, 0.15) is 26.0 Å². The van der Waals surface area contributed by atoms with Crippen LogP contribution in [0.25, 0.3) is 0 Å². The van der Waals surface area contributed by atoms with E-state index in [2.05, 4.69) is 29.5 Å². The first-order valence-corrected chi connectivity index (χ1v) is 5.77. The smallest absolute Gasteiger partial charge is 0.325 e. The van der Waals surface area contributed by atoms with Gasteiger partial charge in [0.2, 0.25) is 5.91 Å². The number of nitrogens with one attached hydrogen (secondary N) is 1. The Bertz CT molecular complexity index is 480. The molecule has 98 valence electrons. The van der Waals surface area contributed by atoms with Gasteiger partial charge in [-0.05, 0) is 11.8 Å². The Balaban J connectivity index is 1.82. The van der Waals surface area contributed by atoms with Crippen molar-refractivity contribution in [3.05, 3.63) is 11.9 Å². The SMILES string of the molecule is CC1(C)CC1C(=O)NCc1cn(CC(=O)O)nn1. The van der Waals surface area contributed by atoms with Crippen molar-refractivity contribution in [1.29, 1.82) is 0 Å². The lowest BCUT2D eigenvalue weighted by molar-refractivity contribution is -0.138. The fourth-order valence-corrected chi connectivity index (χ4v) is 1.85. The van der Waals surface area contributed by atoms with Crippen LogP contribution in [0.5, 0.6) is 0 Å². The van der Waals surface area contributed by atoms with Crippen LogP contribution in [0.4, 0.5) is 0 Å². The van der Waals surface area contributed by atoms with Crippen molar-refractivity contribution in [1.82, 2.24) is 20.3 Å². The lowest BCUT2D eigenvalue weighted by atomic mass is 10.1. The molecule has 1 unspecified atom stereocenters. The Morgan fingerprint density at radius 2 is 2.28 bits per heavy atom. The highest BCUT2D eigenvalue weighted by molar-refractivity contribution is 5.82. The Labute approximate surface area is 104 Å². The lowest BCUT2D eigenvalue weighted by Gasteiger charge is -2.04. The maximum Gasteiger partial charge on any atom is 0.325 e. The molecule has 18 heavy (non-hydrogen) atoms. The van der Waals surface area contributed by atoms with E-state index in [0.717, 1.165) is 6.42 Å². The summed E-state index contributed by atoms with van der Waals surface area (Å²) in [4.78, 5) is 22.2. The minimum absolute atomic E-state index is 0.0211. The van der Waals surface area contributed by atoms with Gasteiger partial charge in [-0.15, -0.1) is 5.10 Å². The molecule has 2 rings (SSSR count). The summed E-state index contributed by atoms with van der Waals surface area (Å²) in [7, 11) is 0. The van der Waals surface area contributed by atoms with Crippen LogP contribution in [-0.2, 0) is 22.7 Å². The molecular weight excluding hydrogens is 236 g/mol. The van der Waals surface area contributed by atoms with Crippen molar-refractivity contribution in [3.63, 3.8) is 0 Å². The fraction of sp³-hybridized carbons (Fsp3) is 0.636. The highest BCUT2D eigenvalue weighted by atomic mass is 16.4. The number of carbonyl (C=O) groups excluding carboxylic acids is 1. The van der Waals surface area contributed by atoms with E-state index in [1.165, 1.54) is 10.9 Å². The Morgan fingerprint density at radius 1 is 1.61 bits per heavy atom. The van der Waals surface area contributed by atoms with Crippen molar-refractivity contribution in [2.75, 3.05) is 0 Å². The van der Waals surface area contributed by atoms with E-state index in [9.17, 15) is 9.59 Å². The average Bonchev–Trinajstić information content (AvgIpc) is 2.71. The number of carbonyl (C=O) groups is 2. The van der Waals surface area contributed by atoms with Crippen LogP contribution in [0.3, 0.4) is 0 Å². The molecule has 0 bridgehead atoms. The standard InChI is InChI=1S/C11H16N4O3/c1-11(2)3-8(11)10(18)12-4-7-5-15(14-13-7)6-9(16)17/h5,8H,3-4,6H2,1-2H3,(H,12,18)(H,16,17). The van der Waals surface area contributed by atoms with Crippen LogP contribution in [0.15, 0.2) is 6.20 Å². The molecule has 7 heteroatoms. The van der Waals surface area contributed by atoms with E-state index in [0.29, 0.717) is 5.69 Å². The van der Waals surface area contributed by atoms with Crippen molar-refractivity contribution < 1.29 is 14.7 Å². The molecule has 1 aromatic heterocycles. The number of carboxylic acid groups (broad SMARTS) is 1. The average molecular weight is 252 g/mol. The summed E-state index contributed by atoms with van der Waals surface area (Å²) in [5.41, 5.74) is 0.661. The highest BCUT2D eigenvalue weighted by Crippen LogP contribution is 2.51. The zero-order valence-corrected chi connectivity index (χ0v) is 10.4. The van der Waals surface area contributed by atoms with Gasteiger partial charge in [-0.1, -0.05) is 19.1 Å². The van der Waals surface area contributed by atoms with Gasteiger partial charge in [0.1, 0.15) is 12.2 Å². The largest absolute Gasteiger partial charge is 0.480 e. The molecule has 1 atom stereocenters. The number of rotatable bonds is 5. The summed E-state index contributed by atoms with van der Waals surface area (Å²) in [6.45, 7) is 4.17. The zero-order chi connectivity index (χ0) is 13.3. The van der Waals surface area contributed by atoms with Gasteiger partial charge in [0.15, 0.2) is 0 Å². The number of aromatic nitrogens is 3. The number of hydrogen-bond donors (Lipinski definition) is 2. The third kappa shape index (κ3) is 2.85. The number of nitrogens with zero attached hydrogens (tertiary/aromatic N) is 3. The number of hydrogen-bond acceptors (Lipinski definition) is 4. The van der Waals surface area contributed by atoms with Gasteiger partial charge in [-0.25, -0.2) is 4.68 Å². The molecule has 1 aliphatic rings. The van der Waals surface area contributed by atoms with Crippen LogP contribution < -0.4 is 5.32 Å². The van der Waals surface area contributed by atoms with Gasteiger partial charge in [-0.2, -0.15) is 0 Å². The molecule has 1 saturated carbocycles. The Morgan fingerprint density at radius 3 is 2.83 bits per heavy atom. The second kappa shape index (κ2) is 4.40. The summed E-state index contributed by atoms with van der Waals surface area (Å²) in [6.07, 6.45) is 2.43. The van der Waals surface area contributed by atoms with E-state index in [-0.39, 0.29) is 30.3 Å². The summed E-state index contributed by atoms with van der Waals surface area (Å²) in [5, 5.41) is 18.8.